The van der Waals surface area contributed by atoms with Crippen molar-refractivity contribution in [3.05, 3.63) is 65.7 Å². The molecule has 0 aliphatic heterocycles. The van der Waals surface area contributed by atoms with Crippen molar-refractivity contribution in [2.24, 2.45) is 5.92 Å². The molecule has 0 heterocycles. The molecule has 2 aromatic rings. The lowest BCUT2D eigenvalue weighted by atomic mass is 9.73. The lowest BCUT2D eigenvalue weighted by molar-refractivity contribution is -0.151. The maximum Gasteiger partial charge on any atom is 0.317 e. The molecule has 28 heavy (non-hydrogen) atoms. The third-order valence-corrected chi connectivity index (χ3v) is 4.99. The van der Waals surface area contributed by atoms with Crippen LogP contribution in [-0.2, 0) is 14.3 Å². The van der Waals surface area contributed by atoms with Gasteiger partial charge in [0.2, 0.25) is 0 Å². The number of carbonyl (C=O) groups excluding carboxylic acids is 2. The molecule has 0 saturated heterocycles. The van der Waals surface area contributed by atoms with Crippen molar-refractivity contribution in [2.75, 3.05) is 20.8 Å². The van der Waals surface area contributed by atoms with E-state index in [9.17, 15) is 9.59 Å². The number of hydrogen-bond acceptors (Lipinski definition) is 5. The largest absolute Gasteiger partial charge is 0.497 e. The Balaban J connectivity index is 2.01. The predicted molar refractivity (Wildman–Crippen MR) is 106 cm³/mol. The minimum absolute atomic E-state index is 0.233. The number of methoxy groups -OCH3 is 2. The summed E-state index contributed by atoms with van der Waals surface area (Å²) in [7, 11) is 3.21. The smallest absolute Gasteiger partial charge is 0.317 e. The van der Waals surface area contributed by atoms with Crippen LogP contribution >= 0.6 is 0 Å². The topological polar surface area (TPSA) is 61.8 Å². The number of hydrogen-bond donors (Lipinski definition) is 0. The van der Waals surface area contributed by atoms with Gasteiger partial charge in [-0.1, -0.05) is 24.3 Å². The molecule has 0 unspecified atom stereocenters. The monoisotopic (exact) mass is 380 g/mol. The highest BCUT2D eigenvalue weighted by Gasteiger charge is 2.39. The standard InChI is InChI=1S/C23H24O5/c1-4-28-23(25)22-20(16-6-5-7-19(12-16)27-3)13-17(14-21(22)24)15-8-10-18(26-2)11-9-15/h5-12,14,20,22H,4,13H2,1-3H3/t20-,22+/m1/s1. The summed E-state index contributed by atoms with van der Waals surface area (Å²) in [5.41, 5.74) is 2.70. The van der Waals surface area contributed by atoms with E-state index in [1.54, 1.807) is 27.2 Å². The fraction of sp³-hybridized carbons (Fsp3) is 0.304. The van der Waals surface area contributed by atoms with Crippen molar-refractivity contribution in [1.29, 1.82) is 0 Å². The fourth-order valence-corrected chi connectivity index (χ4v) is 3.57. The summed E-state index contributed by atoms with van der Waals surface area (Å²) < 4.78 is 15.7. The number of ether oxygens (including phenoxy) is 3. The Morgan fingerprint density at radius 2 is 1.75 bits per heavy atom. The van der Waals surface area contributed by atoms with Crippen LogP contribution in [0.2, 0.25) is 0 Å². The minimum Gasteiger partial charge on any atom is -0.497 e. The summed E-state index contributed by atoms with van der Waals surface area (Å²) in [5.74, 6) is -0.445. The molecular weight excluding hydrogens is 356 g/mol. The van der Waals surface area contributed by atoms with E-state index >= 15 is 0 Å². The van der Waals surface area contributed by atoms with Crippen LogP contribution in [0.1, 0.15) is 30.4 Å². The van der Waals surface area contributed by atoms with Gasteiger partial charge in [0.1, 0.15) is 17.4 Å². The molecule has 3 rings (SSSR count). The first kappa shape index (κ1) is 19.7. The number of rotatable bonds is 6. The van der Waals surface area contributed by atoms with Crippen molar-refractivity contribution in [3.63, 3.8) is 0 Å². The first-order valence-electron chi connectivity index (χ1n) is 9.26. The highest BCUT2D eigenvalue weighted by Crippen LogP contribution is 2.41. The van der Waals surface area contributed by atoms with Gasteiger partial charge in [-0.15, -0.1) is 0 Å². The molecule has 0 N–H and O–H groups in total. The number of ketones is 1. The average molecular weight is 380 g/mol. The molecule has 0 radical (unpaired) electrons. The van der Waals surface area contributed by atoms with E-state index in [1.807, 2.05) is 48.5 Å². The Bertz CT molecular complexity index is 882. The lowest BCUT2D eigenvalue weighted by Crippen LogP contribution is -2.34. The second-order valence-corrected chi connectivity index (χ2v) is 6.62. The molecule has 1 aliphatic rings. The van der Waals surface area contributed by atoms with Crippen LogP contribution in [0.4, 0.5) is 0 Å². The molecule has 2 aromatic carbocycles. The Hall–Kier alpha value is -3.08. The molecule has 0 saturated carbocycles. The average Bonchev–Trinajstić information content (AvgIpc) is 2.73. The van der Waals surface area contributed by atoms with Crippen LogP contribution < -0.4 is 9.47 Å². The zero-order valence-electron chi connectivity index (χ0n) is 16.3. The molecule has 0 amide bonds. The Morgan fingerprint density at radius 1 is 1.04 bits per heavy atom. The summed E-state index contributed by atoms with van der Waals surface area (Å²) >= 11 is 0. The number of allylic oxidation sites excluding steroid dienone is 2. The highest BCUT2D eigenvalue weighted by atomic mass is 16.5. The minimum atomic E-state index is -0.853. The third kappa shape index (κ3) is 4.09. The third-order valence-electron chi connectivity index (χ3n) is 4.99. The molecular formula is C23H24O5. The van der Waals surface area contributed by atoms with E-state index in [4.69, 9.17) is 14.2 Å². The van der Waals surface area contributed by atoms with E-state index in [0.29, 0.717) is 12.2 Å². The lowest BCUT2D eigenvalue weighted by Gasteiger charge is -2.29. The van der Waals surface area contributed by atoms with Crippen LogP contribution in [0.25, 0.3) is 5.57 Å². The van der Waals surface area contributed by atoms with Crippen molar-refractivity contribution < 1.29 is 23.8 Å². The summed E-state index contributed by atoms with van der Waals surface area (Å²) in [6, 6.07) is 15.1. The van der Waals surface area contributed by atoms with Gasteiger partial charge in [0.05, 0.1) is 20.8 Å². The highest BCUT2D eigenvalue weighted by molar-refractivity contribution is 6.10. The summed E-state index contributed by atoms with van der Waals surface area (Å²) in [5, 5.41) is 0. The molecule has 0 fully saturated rings. The van der Waals surface area contributed by atoms with Crippen molar-refractivity contribution in [1.82, 2.24) is 0 Å². The SMILES string of the molecule is CCOC(=O)[C@@H]1C(=O)C=C(c2ccc(OC)cc2)C[C@@H]1c1cccc(OC)c1. The summed E-state index contributed by atoms with van der Waals surface area (Å²) in [6.45, 7) is 1.98. The van der Waals surface area contributed by atoms with Gasteiger partial charge in [0, 0.05) is 5.92 Å². The molecule has 0 spiro atoms. The van der Waals surface area contributed by atoms with Crippen LogP contribution in [0.15, 0.2) is 54.6 Å². The molecule has 5 nitrogen and oxygen atoms in total. The van der Waals surface area contributed by atoms with Crippen molar-refractivity contribution >= 4 is 17.3 Å². The molecule has 2 atom stereocenters. The molecule has 1 aliphatic carbocycles. The zero-order valence-corrected chi connectivity index (χ0v) is 16.3. The predicted octanol–water partition coefficient (Wildman–Crippen LogP) is 4.02. The van der Waals surface area contributed by atoms with Gasteiger partial charge >= 0.3 is 5.97 Å². The number of carbonyl (C=O) groups is 2. The van der Waals surface area contributed by atoms with E-state index in [1.165, 1.54) is 0 Å². The van der Waals surface area contributed by atoms with Crippen molar-refractivity contribution in [3.8, 4) is 11.5 Å². The second kappa shape index (κ2) is 8.74. The van der Waals surface area contributed by atoms with Gasteiger partial charge in [0.25, 0.3) is 0 Å². The zero-order chi connectivity index (χ0) is 20.1. The van der Waals surface area contributed by atoms with E-state index < -0.39 is 11.9 Å². The first-order chi connectivity index (χ1) is 13.6. The van der Waals surface area contributed by atoms with Gasteiger partial charge in [-0.2, -0.15) is 0 Å². The number of benzene rings is 2. The van der Waals surface area contributed by atoms with Crippen LogP contribution in [0, 0.1) is 5.92 Å². The Labute approximate surface area is 164 Å². The summed E-state index contributed by atoms with van der Waals surface area (Å²) in [6.07, 6.45) is 2.12. The quantitative estimate of drug-likeness (QED) is 0.559. The number of esters is 1. The van der Waals surface area contributed by atoms with E-state index in [-0.39, 0.29) is 18.3 Å². The van der Waals surface area contributed by atoms with Crippen LogP contribution in [0.3, 0.4) is 0 Å². The maximum absolute atomic E-state index is 12.9. The van der Waals surface area contributed by atoms with E-state index in [0.717, 1.165) is 22.4 Å². The van der Waals surface area contributed by atoms with Crippen LogP contribution in [0.5, 0.6) is 11.5 Å². The molecule has 5 heteroatoms. The molecule has 146 valence electrons. The van der Waals surface area contributed by atoms with Gasteiger partial charge in [0.15, 0.2) is 5.78 Å². The van der Waals surface area contributed by atoms with Gasteiger partial charge in [-0.05, 0) is 60.4 Å². The summed E-state index contributed by atoms with van der Waals surface area (Å²) in [4.78, 5) is 25.5. The fourth-order valence-electron chi connectivity index (χ4n) is 3.57. The Kier molecular flexibility index (Phi) is 6.14. The molecule has 0 bridgehead atoms. The van der Waals surface area contributed by atoms with Gasteiger partial charge in [-0.3, -0.25) is 9.59 Å². The van der Waals surface area contributed by atoms with Crippen molar-refractivity contribution in [2.45, 2.75) is 19.3 Å². The van der Waals surface area contributed by atoms with Gasteiger partial charge < -0.3 is 14.2 Å². The van der Waals surface area contributed by atoms with Crippen LogP contribution in [-0.4, -0.2) is 32.6 Å². The second-order valence-electron chi connectivity index (χ2n) is 6.62. The Morgan fingerprint density at radius 3 is 2.39 bits per heavy atom. The first-order valence-corrected chi connectivity index (χ1v) is 9.26. The van der Waals surface area contributed by atoms with E-state index in [2.05, 4.69) is 0 Å². The van der Waals surface area contributed by atoms with Gasteiger partial charge in [-0.25, -0.2) is 0 Å². The normalized spacial score (nSPS) is 19.0. The maximum atomic E-state index is 12.9. The molecule has 0 aromatic heterocycles.